The van der Waals surface area contributed by atoms with E-state index in [0.717, 1.165) is 19.4 Å². The lowest BCUT2D eigenvalue weighted by atomic mass is 9.92. The summed E-state index contributed by atoms with van der Waals surface area (Å²) >= 11 is 0. The number of nitrogens with zero attached hydrogens (tertiary/aromatic N) is 1. The molecule has 0 aromatic heterocycles. The number of esters is 1. The highest BCUT2D eigenvalue weighted by molar-refractivity contribution is 5.87. The first kappa shape index (κ1) is 14.3. The van der Waals surface area contributed by atoms with Gasteiger partial charge in [0.05, 0.1) is 19.6 Å². The minimum absolute atomic E-state index is 0.0652. The maximum atomic E-state index is 12.5. The van der Waals surface area contributed by atoms with Gasteiger partial charge in [-0.25, -0.2) is 0 Å². The SMILES string of the molecule is COC(=O)CC1NC(C)CN(C2CCCCC2)C1=O. The zero-order chi connectivity index (χ0) is 13.8. The summed E-state index contributed by atoms with van der Waals surface area (Å²) in [4.78, 5) is 25.9. The van der Waals surface area contributed by atoms with Crippen LogP contribution in [0.15, 0.2) is 0 Å². The van der Waals surface area contributed by atoms with Crippen molar-refractivity contribution in [2.45, 2.75) is 63.6 Å². The molecule has 0 aromatic carbocycles. The second-order valence-corrected chi connectivity index (χ2v) is 5.68. The fraction of sp³-hybridized carbons (Fsp3) is 0.857. The van der Waals surface area contributed by atoms with Crippen molar-refractivity contribution in [3.8, 4) is 0 Å². The Morgan fingerprint density at radius 2 is 2.05 bits per heavy atom. The van der Waals surface area contributed by atoms with Crippen molar-refractivity contribution < 1.29 is 14.3 Å². The molecular weight excluding hydrogens is 244 g/mol. The Morgan fingerprint density at radius 3 is 2.68 bits per heavy atom. The van der Waals surface area contributed by atoms with Gasteiger partial charge in [0, 0.05) is 18.6 Å². The molecule has 1 aliphatic heterocycles. The van der Waals surface area contributed by atoms with Crippen LogP contribution in [-0.4, -0.2) is 48.6 Å². The smallest absolute Gasteiger partial charge is 0.307 e. The Balaban J connectivity index is 2.02. The number of ether oxygens (including phenoxy) is 1. The normalized spacial score (nSPS) is 29.4. The van der Waals surface area contributed by atoms with Crippen LogP contribution in [-0.2, 0) is 14.3 Å². The molecule has 0 spiro atoms. The summed E-state index contributed by atoms with van der Waals surface area (Å²) in [5, 5.41) is 3.21. The first-order chi connectivity index (χ1) is 9.11. The van der Waals surface area contributed by atoms with E-state index in [1.807, 2.05) is 4.90 Å². The van der Waals surface area contributed by atoms with Crippen LogP contribution in [0.1, 0.15) is 45.4 Å². The molecule has 2 rings (SSSR count). The van der Waals surface area contributed by atoms with Crippen LogP contribution in [0.4, 0.5) is 0 Å². The largest absolute Gasteiger partial charge is 0.469 e. The van der Waals surface area contributed by atoms with E-state index in [2.05, 4.69) is 17.0 Å². The predicted octanol–water partition coefficient (Wildman–Crippen LogP) is 1.07. The highest BCUT2D eigenvalue weighted by atomic mass is 16.5. The van der Waals surface area contributed by atoms with Gasteiger partial charge < -0.3 is 15.0 Å². The van der Waals surface area contributed by atoms with Gasteiger partial charge in [-0.3, -0.25) is 9.59 Å². The summed E-state index contributed by atoms with van der Waals surface area (Å²) in [6.45, 7) is 2.81. The minimum Gasteiger partial charge on any atom is -0.469 e. The first-order valence-electron chi connectivity index (χ1n) is 7.25. The number of carbonyl (C=O) groups excluding carboxylic acids is 2. The summed E-state index contributed by atoms with van der Waals surface area (Å²) in [7, 11) is 1.36. The van der Waals surface area contributed by atoms with Gasteiger partial charge in [0.15, 0.2) is 0 Å². The summed E-state index contributed by atoms with van der Waals surface area (Å²) in [5.74, 6) is -0.265. The second kappa shape index (κ2) is 6.37. The van der Waals surface area contributed by atoms with Crippen molar-refractivity contribution in [3.63, 3.8) is 0 Å². The van der Waals surface area contributed by atoms with Crippen LogP contribution in [0.25, 0.3) is 0 Å². The quantitative estimate of drug-likeness (QED) is 0.778. The number of carbonyl (C=O) groups is 2. The van der Waals surface area contributed by atoms with Crippen LogP contribution in [0.3, 0.4) is 0 Å². The third-order valence-corrected chi connectivity index (χ3v) is 4.15. The highest BCUT2D eigenvalue weighted by Crippen LogP contribution is 2.25. The Hall–Kier alpha value is -1.10. The van der Waals surface area contributed by atoms with Crippen molar-refractivity contribution >= 4 is 11.9 Å². The molecule has 5 heteroatoms. The molecule has 19 heavy (non-hydrogen) atoms. The number of piperazine rings is 1. The Morgan fingerprint density at radius 1 is 1.37 bits per heavy atom. The Labute approximate surface area is 114 Å². The molecule has 0 bridgehead atoms. The molecule has 1 heterocycles. The van der Waals surface area contributed by atoms with Gasteiger partial charge in [-0.05, 0) is 19.8 Å². The molecule has 1 aliphatic carbocycles. The molecule has 0 radical (unpaired) electrons. The third-order valence-electron chi connectivity index (χ3n) is 4.15. The summed E-state index contributed by atoms with van der Waals surface area (Å²) in [5.41, 5.74) is 0. The molecule has 1 amide bonds. The third kappa shape index (κ3) is 3.47. The number of amides is 1. The molecule has 2 unspecified atom stereocenters. The highest BCUT2D eigenvalue weighted by Gasteiger charge is 2.37. The number of rotatable bonds is 3. The summed E-state index contributed by atoms with van der Waals surface area (Å²) < 4.78 is 4.67. The maximum absolute atomic E-state index is 12.5. The van der Waals surface area contributed by atoms with Crippen LogP contribution in [0.2, 0.25) is 0 Å². The molecule has 2 fully saturated rings. The van der Waals surface area contributed by atoms with E-state index in [-0.39, 0.29) is 24.3 Å². The summed E-state index contributed by atoms with van der Waals surface area (Å²) in [6, 6.07) is 0.179. The summed E-state index contributed by atoms with van der Waals surface area (Å²) in [6.07, 6.45) is 6.02. The topological polar surface area (TPSA) is 58.6 Å². The maximum Gasteiger partial charge on any atom is 0.307 e. The molecule has 0 aromatic rings. The molecule has 1 saturated heterocycles. The van der Waals surface area contributed by atoms with Gasteiger partial charge >= 0.3 is 5.97 Å². The molecule has 2 aliphatic rings. The lowest BCUT2D eigenvalue weighted by Crippen LogP contribution is -2.62. The molecule has 5 nitrogen and oxygen atoms in total. The lowest BCUT2D eigenvalue weighted by molar-refractivity contribution is -0.148. The van der Waals surface area contributed by atoms with Crippen LogP contribution >= 0.6 is 0 Å². The molecule has 1 saturated carbocycles. The number of nitrogens with one attached hydrogen (secondary N) is 1. The standard InChI is InChI=1S/C14H24N2O3/c1-10-9-16(11-6-4-3-5-7-11)14(18)12(15-10)8-13(17)19-2/h10-12,15H,3-9H2,1-2H3. The van der Waals surface area contributed by atoms with E-state index in [1.54, 1.807) is 0 Å². The predicted molar refractivity (Wildman–Crippen MR) is 71.6 cm³/mol. The van der Waals surface area contributed by atoms with Crippen molar-refractivity contribution in [1.82, 2.24) is 10.2 Å². The van der Waals surface area contributed by atoms with Gasteiger partial charge in [-0.2, -0.15) is 0 Å². The van der Waals surface area contributed by atoms with Crippen LogP contribution in [0.5, 0.6) is 0 Å². The van der Waals surface area contributed by atoms with Gasteiger partial charge in [0.25, 0.3) is 0 Å². The molecule has 108 valence electrons. The van der Waals surface area contributed by atoms with E-state index in [4.69, 9.17) is 0 Å². The monoisotopic (exact) mass is 268 g/mol. The van der Waals surface area contributed by atoms with Crippen molar-refractivity contribution in [3.05, 3.63) is 0 Å². The molecular formula is C14H24N2O3. The second-order valence-electron chi connectivity index (χ2n) is 5.68. The zero-order valence-corrected chi connectivity index (χ0v) is 11.9. The average Bonchev–Trinajstić information content (AvgIpc) is 2.43. The Kier molecular flexibility index (Phi) is 4.80. The lowest BCUT2D eigenvalue weighted by Gasteiger charge is -2.42. The van der Waals surface area contributed by atoms with Crippen molar-refractivity contribution in [1.29, 1.82) is 0 Å². The first-order valence-corrected chi connectivity index (χ1v) is 7.25. The zero-order valence-electron chi connectivity index (χ0n) is 11.9. The Bertz CT molecular complexity index is 340. The van der Waals surface area contributed by atoms with Crippen LogP contribution < -0.4 is 5.32 Å². The minimum atomic E-state index is -0.418. The van der Waals surface area contributed by atoms with Gasteiger partial charge in [-0.15, -0.1) is 0 Å². The number of methoxy groups -OCH3 is 1. The average molecular weight is 268 g/mol. The van der Waals surface area contributed by atoms with Gasteiger partial charge in [0.2, 0.25) is 5.91 Å². The van der Waals surface area contributed by atoms with E-state index < -0.39 is 6.04 Å². The van der Waals surface area contributed by atoms with Gasteiger partial charge in [-0.1, -0.05) is 19.3 Å². The molecule has 1 N–H and O–H groups in total. The van der Waals surface area contributed by atoms with E-state index in [1.165, 1.54) is 26.4 Å². The number of hydrogen-bond donors (Lipinski definition) is 1. The van der Waals surface area contributed by atoms with Crippen molar-refractivity contribution in [2.24, 2.45) is 0 Å². The molecule has 2 atom stereocenters. The van der Waals surface area contributed by atoms with Gasteiger partial charge in [0.1, 0.15) is 0 Å². The van der Waals surface area contributed by atoms with Crippen LogP contribution in [0, 0.1) is 0 Å². The van der Waals surface area contributed by atoms with E-state index in [0.29, 0.717) is 6.04 Å². The van der Waals surface area contributed by atoms with E-state index in [9.17, 15) is 9.59 Å². The van der Waals surface area contributed by atoms with Crippen molar-refractivity contribution in [2.75, 3.05) is 13.7 Å². The fourth-order valence-electron chi connectivity index (χ4n) is 3.17. The number of hydrogen-bond acceptors (Lipinski definition) is 4. The van der Waals surface area contributed by atoms with E-state index >= 15 is 0 Å². The fourth-order valence-corrected chi connectivity index (χ4v) is 3.17.